The molecule has 1 amide bonds. The van der Waals surface area contributed by atoms with Crippen LogP contribution in [0.5, 0.6) is 11.5 Å². The number of carbonyl (C=O) groups is 1. The van der Waals surface area contributed by atoms with Gasteiger partial charge in [-0.2, -0.15) is 0 Å². The summed E-state index contributed by atoms with van der Waals surface area (Å²) in [5.41, 5.74) is 1.20. The molecule has 2 unspecified atom stereocenters. The number of piperidine rings is 1. The Morgan fingerprint density at radius 3 is 2.64 bits per heavy atom. The monoisotopic (exact) mass is 345 g/mol. The molecule has 0 radical (unpaired) electrons. The number of carbonyl (C=O) groups excluding carboxylic acids is 1. The fourth-order valence-corrected chi connectivity index (χ4v) is 4.19. The molecule has 0 bridgehead atoms. The molecule has 3 aliphatic rings. The third-order valence-corrected chi connectivity index (χ3v) is 6.32. The molecule has 1 N–H and O–H groups in total. The average Bonchev–Trinajstić information content (AvgIpc) is 3.48. The van der Waals surface area contributed by atoms with E-state index in [4.69, 9.17) is 9.47 Å². The minimum absolute atomic E-state index is 0.0234. The Bertz CT molecular complexity index is 645. The van der Waals surface area contributed by atoms with Gasteiger partial charge in [-0.3, -0.25) is 4.79 Å². The Morgan fingerprint density at radius 2 is 1.96 bits per heavy atom. The summed E-state index contributed by atoms with van der Waals surface area (Å²) in [4.78, 5) is 14.8. The minimum atomic E-state index is 0.0234. The normalized spacial score (nSPS) is 27.0. The molecular weight excluding hydrogens is 318 g/mol. The second kappa shape index (κ2) is 6.52. The van der Waals surface area contributed by atoms with Crippen molar-refractivity contribution < 1.29 is 19.4 Å². The molecule has 1 saturated carbocycles. The van der Waals surface area contributed by atoms with Crippen molar-refractivity contribution in [3.63, 3.8) is 0 Å². The van der Waals surface area contributed by atoms with Crippen molar-refractivity contribution in [3.05, 3.63) is 23.8 Å². The number of aliphatic hydroxyl groups excluding tert-OH is 1. The molecule has 1 saturated heterocycles. The SMILES string of the molecule is CCC1(CO)CCN(C(=O)C2CC2c2ccc3c(c2)OCCO3)CC1. The molecule has 2 atom stereocenters. The van der Waals surface area contributed by atoms with Crippen LogP contribution in [0.3, 0.4) is 0 Å². The summed E-state index contributed by atoms with van der Waals surface area (Å²) in [6.07, 6.45) is 3.73. The Labute approximate surface area is 148 Å². The third kappa shape index (κ3) is 3.10. The Hall–Kier alpha value is -1.75. The van der Waals surface area contributed by atoms with Gasteiger partial charge in [0.15, 0.2) is 11.5 Å². The number of ether oxygens (including phenoxy) is 2. The molecule has 1 aromatic carbocycles. The summed E-state index contributed by atoms with van der Waals surface area (Å²) in [6.45, 7) is 5.09. The summed E-state index contributed by atoms with van der Waals surface area (Å²) in [7, 11) is 0. The zero-order valence-electron chi connectivity index (χ0n) is 14.9. The summed E-state index contributed by atoms with van der Waals surface area (Å²) in [5.74, 6) is 2.29. The van der Waals surface area contributed by atoms with E-state index in [-0.39, 0.29) is 23.8 Å². The van der Waals surface area contributed by atoms with Gasteiger partial charge in [0.2, 0.25) is 5.91 Å². The fourth-order valence-electron chi connectivity index (χ4n) is 4.19. The van der Waals surface area contributed by atoms with Crippen LogP contribution in [0.4, 0.5) is 0 Å². The van der Waals surface area contributed by atoms with Crippen molar-refractivity contribution >= 4 is 5.91 Å². The van der Waals surface area contributed by atoms with Crippen molar-refractivity contribution in [1.82, 2.24) is 4.90 Å². The molecular formula is C20H27NO4. The van der Waals surface area contributed by atoms with Gasteiger partial charge in [-0.1, -0.05) is 13.0 Å². The van der Waals surface area contributed by atoms with Crippen LogP contribution in [0.1, 0.15) is 44.1 Å². The summed E-state index contributed by atoms with van der Waals surface area (Å²) in [6, 6.07) is 6.06. The van der Waals surface area contributed by atoms with Crippen LogP contribution in [0, 0.1) is 11.3 Å². The van der Waals surface area contributed by atoms with E-state index >= 15 is 0 Å². The number of amides is 1. The smallest absolute Gasteiger partial charge is 0.226 e. The second-order valence-corrected chi connectivity index (χ2v) is 7.69. The highest BCUT2D eigenvalue weighted by Gasteiger charge is 2.47. The number of nitrogens with zero attached hydrogens (tertiary/aromatic N) is 1. The maximum Gasteiger partial charge on any atom is 0.226 e. The standard InChI is InChI=1S/C20H27NO4/c1-2-20(13-22)5-7-21(8-6-20)19(23)16-12-15(16)14-3-4-17-18(11-14)25-10-9-24-17/h3-4,11,15-16,22H,2,5-10,12-13H2,1H3. The van der Waals surface area contributed by atoms with Gasteiger partial charge in [-0.25, -0.2) is 0 Å². The molecule has 2 fully saturated rings. The molecule has 0 spiro atoms. The van der Waals surface area contributed by atoms with Crippen LogP contribution in [0.2, 0.25) is 0 Å². The molecule has 5 heteroatoms. The van der Waals surface area contributed by atoms with Gasteiger partial charge in [0, 0.05) is 25.6 Å². The van der Waals surface area contributed by atoms with Crippen molar-refractivity contribution in [2.45, 2.75) is 38.5 Å². The molecule has 1 aliphatic carbocycles. The highest BCUT2D eigenvalue weighted by Crippen LogP contribution is 2.50. The predicted molar refractivity (Wildman–Crippen MR) is 93.9 cm³/mol. The quantitative estimate of drug-likeness (QED) is 0.911. The Morgan fingerprint density at radius 1 is 1.24 bits per heavy atom. The van der Waals surface area contributed by atoms with Crippen LogP contribution in [-0.2, 0) is 4.79 Å². The van der Waals surface area contributed by atoms with E-state index < -0.39 is 0 Å². The van der Waals surface area contributed by atoms with Crippen LogP contribution in [0.25, 0.3) is 0 Å². The van der Waals surface area contributed by atoms with Crippen LogP contribution in [0.15, 0.2) is 18.2 Å². The first-order valence-electron chi connectivity index (χ1n) is 9.45. The molecule has 136 valence electrons. The maximum absolute atomic E-state index is 12.8. The zero-order valence-corrected chi connectivity index (χ0v) is 14.9. The van der Waals surface area contributed by atoms with Gasteiger partial charge in [-0.15, -0.1) is 0 Å². The summed E-state index contributed by atoms with van der Waals surface area (Å²) in [5, 5.41) is 9.65. The number of benzene rings is 1. The molecule has 4 rings (SSSR count). The van der Waals surface area contributed by atoms with Crippen LogP contribution >= 0.6 is 0 Å². The highest BCUT2D eigenvalue weighted by atomic mass is 16.6. The van der Waals surface area contributed by atoms with Crippen LogP contribution in [-0.4, -0.2) is 48.8 Å². The first kappa shape index (κ1) is 16.7. The molecule has 2 aliphatic heterocycles. The average molecular weight is 345 g/mol. The summed E-state index contributed by atoms with van der Waals surface area (Å²) < 4.78 is 11.2. The number of aliphatic hydroxyl groups is 1. The zero-order chi connectivity index (χ0) is 17.4. The van der Waals surface area contributed by atoms with Crippen molar-refractivity contribution in [2.75, 3.05) is 32.9 Å². The van der Waals surface area contributed by atoms with Gasteiger partial charge in [-0.05, 0) is 54.7 Å². The molecule has 5 nitrogen and oxygen atoms in total. The van der Waals surface area contributed by atoms with Gasteiger partial charge in [0.1, 0.15) is 13.2 Å². The summed E-state index contributed by atoms with van der Waals surface area (Å²) >= 11 is 0. The minimum Gasteiger partial charge on any atom is -0.486 e. The Balaban J connectivity index is 1.38. The number of hydrogen-bond donors (Lipinski definition) is 1. The van der Waals surface area contributed by atoms with Crippen molar-refractivity contribution in [2.24, 2.45) is 11.3 Å². The molecule has 25 heavy (non-hydrogen) atoms. The lowest BCUT2D eigenvalue weighted by Gasteiger charge is -2.40. The number of fused-ring (bicyclic) bond motifs is 1. The van der Waals surface area contributed by atoms with Gasteiger partial charge in [0.05, 0.1) is 0 Å². The lowest BCUT2D eigenvalue weighted by Crippen LogP contribution is -2.45. The van der Waals surface area contributed by atoms with E-state index in [9.17, 15) is 9.90 Å². The lowest BCUT2D eigenvalue weighted by atomic mass is 9.77. The topological polar surface area (TPSA) is 59.0 Å². The molecule has 0 aromatic heterocycles. The predicted octanol–water partition coefficient (Wildman–Crippen LogP) is 2.57. The lowest BCUT2D eigenvalue weighted by molar-refractivity contribution is -0.135. The van der Waals surface area contributed by atoms with E-state index in [0.717, 1.165) is 50.3 Å². The second-order valence-electron chi connectivity index (χ2n) is 7.69. The van der Waals surface area contributed by atoms with Gasteiger partial charge in [0.25, 0.3) is 0 Å². The number of hydrogen-bond acceptors (Lipinski definition) is 4. The number of rotatable bonds is 4. The largest absolute Gasteiger partial charge is 0.486 e. The maximum atomic E-state index is 12.8. The van der Waals surface area contributed by atoms with Gasteiger partial charge < -0.3 is 19.5 Å². The first-order chi connectivity index (χ1) is 12.2. The number of likely N-dealkylation sites (tertiary alicyclic amines) is 1. The van der Waals surface area contributed by atoms with Crippen molar-refractivity contribution in [1.29, 1.82) is 0 Å². The highest BCUT2D eigenvalue weighted by molar-refractivity contribution is 5.83. The van der Waals surface area contributed by atoms with Crippen molar-refractivity contribution in [3.8, 4) is 11.5 Å². The van der Waals surface area contributed by atoms with Gasteiger partial charge >= 0.3 is 0 Å². The van der Waals surface area contributed by atoms with Crippen LogP contribution < -0.4 is 9.47 Å². The fraction of sp³-hybridized carbons (Fsp3) is 0.650. The first-order valence-corrected chi connectivity index (χ1v) is 9.45. The third-order valence-electron chi connectivity index (χ3n) is 6.32. The van der Waals surface area contributed by atoms with E-state index in [1.807, 2.05) is 17.0 Å². The molecule has 2 heterocycles. The van der Waals surface area contributed by atoms with E-state index in [2.05, 4.69) is 13.0 Å². The Kier molecular flexibility index (Phi) is 4.36. The van der Waals surface area contributed by atoms with E-state index in [0.29, 0.717) is 19.1 Å². The van der Waals surface area contributed by atoms with E-state index in [1.54, 1.807) is 0 Å². The molecule has 1 aromatic rings. The van der Waals surface area contributed by atoms with E-state index in [1.165, 1.54) is 5.56 Å².